The Balaban J connectivity index is 1.73. The number of aliphatic hydroxyl groups is 1. The molecular formula is C22H24FN7O3. The Morgan fingerprint density at radius 3 is 2.76 bits per heavy atom. The number of benzene rings is 1. The van der Waals surface area contributed by atoms with Crippen LogP contribution in [0.3, 0.4) is 0 Å². The third-order valence-corrected chi connectivity index (χ3v) is 5.57. The van der Waals surface area contributed by atoms with Gasteiger partial charge < -0.3 is 20.1 Å². The number of nitrogen functional groups attached to an aromatic ring is 1. The summed E-state index contributed by atoms with van der Waals surface area (Å²) in [6, 6.07) is 5.49. The molecule has 4 rings (SSSR count). The maximum atomic E-state index is 14.1. The number of hydrogen-bond acceptors (Lipinski definition) is 8. The average Bonchev–Trinajstić information content (AvgIpc) is 3.21. The molecule has 0 aliphatic carbocycles. The highest BCUT2D eigenvalue weighted by Crippen LogP contribution is 2.32. The standard InChI is InChI=1S/C22H24FN7O3/c1-12(22(2,3)32)30-7-5-6-13(20(30)31)10-29-11-16(27-28-29)18-15-8-14(23)9-17(33-4)19(15)26-21(24)25-18/h5-9,11-12,32H,10H2,1-4H3,(H2,24,25,26). The third-order valence-electron chi connectivity index (χ3n) is 5.57. The number of pyridine rings is 1. The van der Waals surface area contributed by atoms with Crippen LogP contribution in [0.5, 0.6) is 5.75 Å². The molecule has 0 saturated heterocycles. The van der Waals surface area contributed by atoms with Crippen molar-refractivity contribution in [3.63, 3.8) is 0 Å². The molecule has 3 aromatic heterocycles. The van der Waals surface area contributed by atoms with E-state index in [2.05, 4.69) is 20.3 Å². The second kappa shape index (κ2) is 8.24. The van der Waals surface area contributed by atoms with Gasteiger partial charge in [0.05, 0.1) is 31.5 Å². The minimum Gasteiger partial charge on any atom is -0.494 e. The number of nitrogens with two attached hydrogens (primary N) is 1. The molecular weight excluding hydrogens is 429 g/mol. The lowest BCUT2D eigenvalue weighted by molar-refractivity contribution is 0.0291. The highest BCUT2D eigenvalue weighted by molar-refractivity contribution is 5.95. The molecule has 33 heavy (non-hydrogen) atoms. The lowest BCUT2D eigenvalue weighted by Gasteiger charge is -2.28. The summed E-state index contributed by atoms with van der Waals surface area (Å²) in [6.45, 7) is 5.21. The number of rotatable bonds is 6. The van der Waals surface area contributed by atoms with E-state index in [4.69, 9.17) is 10.5 Å². The molecule has 0 amide bonds. The zero-order valence-electron chi connectivity index (χ0n) is 18.7. The minimum atomic E-state index is -1.08. The first kappa shape index (κ1) is 22.3. The Hall–Kier alpha value is -3.86. The van der Waals surface area contributed by atoms with Gasteiger partial charge in [-0.3, -0.25) is 4.79 Å². The van der Waals surface area contributed by atoms with Crippen molar-refractivity contribution >= 4 is 16.9 Å². The molecule has 0 spiro atoms. The fraction of sp³-hybridized carbons (Fsp3) is 0.318. The van der Waals surface area contributed by atoms with Crippen LogP contribution in [0.4, 0.5) is 10.3 Å². The topological polar surface area (TPSA) is 134 Å². The van der Waals surface area contributed by atoms with Crippen LogP contribution in [-0.2, 0) is 6.54 Å². The zero-order chi connectivity index (χ0) is 23.9. The molecule has 3 heterocycles. The van der Waals surface area contributed by atoms with Gasteiger partial charge in [-0.15, -0.1) is 5.10 Å². The van der Waals surface area contributed by atoms with E-state index >= 15 is 0 Å². The van der Waals surface area contributed by atoms with Crippen LogP contribution in [0.25, 0.3) is 22.3 Å². The molecule has 3 N–H and O–H groups in total. The van der Waals surface area contributed by atoms with Gasteiger partial charge in [0.15, 0.2) is 0 Å². The van der Waals surface area contributed by atoms with E-state index in [1.807, 2.05) is 0 Å². The third kappa shape index (κ3) is 4.27. The molecule has 0 bridgehead atoms. The van der Waals surface area contributed by atoms with Crippen molar-refractivity contribution < 1.29 is 14.2 Å². The van der Waals surface area contributed by atoms with Crippen molar-refractivity contribution in [1.82, 2.24) is 29.5 Å². The Kier molecular flexibility index (Phi) is 5.58. The molecule has 4 aromatic rings. The van der Waals surface area contributed by atoms with Crippen LogP contribution in [0.1, 0.15) is 32.4 Å². The second-order valence-electron chi connectivity index (χ2n) is 8.31. The Morgan fingerprint density at radius 1 is 1.30 bits per heavy atom. The first-order valence-corrected chi connectivity index (χ1v) is 10.2. The van der Waals surface area contributed by atoms with Crippen molar-refractivity contribution in [3.05, 3.63) is 58.4 Å². The minimum absolute atomic E-state index is 0.0245. The van der Waals surface area contributed by atoms with Crippen LogP contribution in [0.2, 0.25) is 0 Å². The Labute approximate surface area is 188 Å². The highest BCUT2D eigenvalue weighted by Gasteiger charge is 2.25. The van der Waals surface area contributed by atoms with Crippen LogP contribution < -0.4 is 16.0 Å². The molecule has 0 aliphatic rings. The number of hydrogen-bond donors (Lipinski definition) is 2. The van der Waals surface area contributed by atoms with E-state index in [0.29, 0.717) is 27.9 Å². The number of ether oxygens (including phenoxy) is 1. The van der Waals surface area contributed by atoms with Crippen molar-refractivity contribution in [2.24, 2.45) is 0 Å². The lowest BCUT2D eigenvalue weighted by atomic mass is 10.0. The smallest absolute Gasteiger partial charge is 0.255 e. The number of fused-ring (bicyclic) bond motifs is 1. The summed E-state index contributed by atoms with van der Waals surface area (Å²) >= 11 is 0. The fourth-order valence-electron chi connectivity index (χ4n) is 3.52. The summed E-state index contributed by atoms with van der Waals surface area (Å²) in [5, 5.41) is 18.9. The molecule has 1 unspecified atom stereocenters. The normalized spacial score (nSPS) is 12.8. The fourth-order valence-corrected chi connectivity index (χ4v) is 3.52. The Bertz CT molecular complexity index is 1390. The maximum absolute atomic E-state index is 14.1. The average molecular weight is 453 g/mol. The van der Waals surface area contributed by atoms with Crippen molar-refractivity contribution in [2.45, 2.75) is 39.0 Å². The predicted molar refractivity (Wildman–Crippen MR) is 120 cm³/mol. The summed E-state index contributed by atoms with van der Waals surface area (Å²) in [5.74, 6) is -0.325. The first-order chi connectivity index (χ1) is 15.6. The molecule has 0 radical (unpaired) electrons. The number of halogens is 1. The van der Waals surface area contributed by atoms with Gasteiger partial charge in [0, 0.05) is 23.2 Å². The zero-order valence-corrected chi connectivity index (χ0v) is 18.7. The van der Waals surface area contributed by atoms with Crippen LogP contribution in [-0.4, -0.2) is 47.3 Å². The monoisotopic (exact) mass is 453 g/mol. The van der Waals surface area contributed by atoms with Gasteiger partial charge in [0.1, 0.15) is 28.5 Å². The van der Waals surface area contributed by atoms with Gasteiger partial charge in [0.25, 0.3) is 5.56 Å². The molecule has 0 saturated carbocycles. The van der Waals surface area contributed by atoms with Crippen molar-refractivity contribution in [1.29, 1.82) is 0 Å². The van der Waals surface area contributed by atoms with E-state index in [1.54, 1.807) is 45.3 Å². The summed E-state index contributed by atoms with van der Waals surface area (Å²) < 4.78 is 22.3. The first-order valence-electron chi connectivity index (χ1n) is 10.2. The summed E-state index contributed by atoms with van der Waals surface area (Å²) in [7, 11) is 1.41. The van der Waals surface area contributed by atoms with Gasteiger partial charge in [0.2, 0.25) is 5.95 Å². The number of nitrogens with zero attached hydrogens (tertiary/aromatic N) is 6. The summed E-state index contributed by atoms with van der Waals surface area (Å²) in [4.78, 5) is 21.3. The molecule has 10 nitrogen and oxygen atoms in total. The predicted octanol–water partition coefficient (Wildman–Crippen LogP) is 2.16. The SMILES string of the molecule is COc1cc(F)cc2c(-c3cn(Cc4cccn(C(C)C(C)(C)O)c4=O)nn3)nc(N)nc12. The lowest BCUT2D eigenvalue weighted by Crippen LogP contribution is -2.37. The van der Waals surface area contributed by atoms with Crippen molar-refractivity contribution in [3.8, 4) is 17.1 Å². The largest absolute Gasteiger partial charge is 0.494 e. The van der Waals surface area contributed by atoms with Crippen molar-refractivity contribution in [2.75, 3.05) is 12.8 Å². The molecule has 11 heteroatoms. The number of anilines is 1. The second-order valence-corrected chi connectivity index (χ2v) is 8.31. The van der Waals surface area contributed by atoms with E-state index < -0.39 is 17.5 Å². The molecule has 172 valence electrons. The molecule has 1 atom stereocenters. The maximum Gasteiger partial charge on any atom is 0.255 e. The van der Waals surface area contributed by atoms with Gasteiger partial charge >= 0.3 is 0 Å². The number of methoxy groups -OCH3 is 1. The van der Waals surface area contributed by atoms with E-state index in [0.717, 1.165) is 0 Å². The van der Waals surface area contributed by atoms with Gasteiger partial charge in [-0.05, 0) is 32.9 Å². The highest BCUT2D eigenvalue weighted by atomic mass is 19.1. The summed E-state index contributed by atoms with van der Waals surface area (Å²) in [6.07, 6.45) is 3.23. The van der Waals surface area contributed by atoms with E-state index in [1.165, 1.54) is 28.5 Å². The van der Waals surface area contributed by atoms with Crippen LogP contribution >= 0.6 is 0 Å². The van der Waals surface area contributed by atoms with E-state index in [9.17, 15) is 14.3 Å². The molecule has 0 aliphatic heterocycles. The summed E-state index contributed by atoms with van der Waals surface area (Å²) in [5.41, 5.74) is 5.99. The van der Waals surface area contributed by atoms with Gasteiger partial charge in [-0.1, -0.05) is 11.3 Å². The quantitative estimate of drug-likeness (QED) is 0.454. The molecule has 1 aromatic carbocycles. The Morgan fingerprint density at radius 2 is 2.06 bits per heavy atom. The van der Waals surface area contributed by atoms with Crippen LogP contribution in [0.15, 0.2) is 41.5 Å². The van der Waals surface area contributed by atoms with Crippen LogP contribution in [0, 0.1) is 5.82 Å². The van der Waals surface area contributed by atoms with E-state index in [-0.39, 0.29) is 23.8 Å². The molecule has 0 fully saturated rings. The van der Waals surface area contributed by atoms with Gasteiger partial charge in [-0.2, -0.15) is 0 Å². The number of aromatic nitrogens is 6. The van der Waals surface area contributed by atoms with Gasteiger partial charge in [-0.25, -0.2) is 19.0 Å².